The van der Waals surface area contributed by atoms with E-state index in [0.717, 1.165) is 33.5 Å². The van der Waals surface area contributed by atoms with E-state index in [9.17, 15) is 43.5 Å². The highest BCUT2D eigenvalue weighted by Crippen LogP contribution is 2.37. The van der Waals surface area contributed by atoms with Gasteiger partial charge in [0.2, 0.25) is 23.6 Å². The Morgan fingerprint density at radius 2 is 1.48 bits per heavy atom. The van der Waals surface area contributed by atoms with Crippen LogP contribution in [0.15, 0.2) is 54.3 Å². The lowest BCUT2D eigenvalue weighted by atomic mass is 9.76. The van der Waals surface area contributed by atoms with Crippen molar-refractivity contribution in [3.8, 4) is 0 Å². The average molecular weight is 878 g/mol. The molecule has 1 aliphatic heterocycles. The third-order valence-electron chi connectivity index (χ3n) is 11.1. The van der Waals surface area contributed by atoms with Crippen molar-refractivity contribution in [1.82, 2.24) is 35.2 Å². The SMILES string of the molecule is C/C(=C\C(C(C)C)N(C)C(=O)C(NC(=O)C(N(C)C(=O)OC(C)(C)C)C(C)(C)c1cn(C)c2ccccc12)C(C)(C)C)C(=O)NC(CCC(=O)NCCN1C(=O)C=CC1=O)C(=O)O. The standard InChI is InChI=1S/C46H67N7O10/c1-27(2)33(25-28(3)39(57)48-31(42(60)61)19-20-34(54)47-23-24-53-35(55)21-22-36(53)56)51(13)41(59)37(44(4,5)6)49-40(58)38(52(14)43(62)63-45(7,8)9)46(10,11)30-26-50(12)32-18-16-15-17-29(30)32/h15-18,21-22,25-27,31,33,37-38H,19-20,23-24H2,1-14H3,(H,47,54)(H,48,57)(H,49,58)(H,60,61)/b28-25+. The van der Waals surface area contributed by atoms with Crippen LogP contribution in [-0.2, 0) is 50.8 Å². The van der Waals surface area contributed by atoms with Crippen molar-refractivity contribution in [2.24, 2.45) is 18.4 Å². The summed E-state index contributed by atoms with van der Waals surface area (Å²) in [5, 5.41) is 18.8. The molecule has 0 spiro atoms. The Balaban J connectivity index is 1.86. The van der Waals surface area contributed by atoms with Gasteiger partial charge in [0, 0.05) is 80.9 Å². The first-order chi connectivity index (χ1) is 29.0. The number of nitrogens with one attached hydrogen (secondary N) is 3. The van der Waals surface area contributed by atoms with Crippen molar-refractivity contribution in [2.45, 2.75) is 124 Å². The van der Waals surface area contributed by atoms with Gasteiger partial charge in [0.25, 0.3) is 11.8 Å². The van der Waals surface area contributed by atoms with Crippen LogP contribution in [0.1, 0.15) is 94.6 Å². The van der Waals surface area contributed by atoms with E-state index in [2.05, 4.69) is 16.0 Å². The molecular weight excluding hydrogens is 811 g/mol. The molecule has 346 valence electrons. The topological polar surface area (TPSA) is 217 Å². The molecule has 1 aromatic carbocycles. The number of nitrogens with zero attached hydrogens (tertiary/aromatic N) is 4. The van der Waals surface area contributed by atoms with Gasteiger partial charge in [0.05, 0.1) is 6.04 Å². The molecule has 2 aromatic rings. The molecule has 4 atom stereocenters. The van der Waals surface area contributed by atoms with Gasteiger partial charge in [-0.2, -0.15) is 0 Å². The molecule has 1 aliphatic rings. The second kappa shape index (κ2) is 20.5. The summed E-state index contributed by atoms with van der Waals surface area (Å²) in [7, 11) is 4.98. The minimum absolute atomic E-state index is 0.0284. The van der Waals surface area contributed by atoms with Gasteiger partial charge in [0.1, 0.15) is 23.7 Å². The van der Waals surface area contributed by atoms with Crippen LogP contribution >= 0.6 is 0 Å². The number of carbonyl (C=O) groups is 8. The lowest BCUT2D eigenvalue weighted by molar-refractivity contribution is -0.142. The molecule has 17 nitrogen and oxygen atoms in total. The normalized spacial score (nSPS) is 15.5. The van der Waals surface area contributed by atoms with Gasteiger partial charge in [-0.1, -0.05) is 72.7 Å². The zero-order valence-electron chi connectivity index (χ0n) is 39.2. The lowest BCUT2D eigenvalue weighted by Gasteiger charge is -2.42. The highest BCUT2D eigenvalue weighted by atomic mass is 16.6. The minimum atomic E-state index is -1.43. The zero-order valence-corrected chi connectivity index (χ0v) is 39.2. The molecule has 0 aliphatic carbocycles. The second-order valence-electron chi connectivity index (χ2n) is 19.1. The maximum absolute atomic E-state index is 14.9. The molecule has 7 amide bonds. The number of hydrogen-bond acceptors (Lipinski definition) is 9. The Morgan fingerprint density at radius 3 is 2.02 bits per heavy atom. The molecular formula is C46H67N7O10. The van der Waals surface area contributed by atoms with Crippen LogP contribution in [0.4, 0.5) is 4.79 Å². The van der Waals surface area contributed by atoms with Crippen LogP contribution in [0, 0.1) is 11.3 Å². The number of amides is 7. The van der Waals surface area contributed by atoms with Crippen LogP contribution in [0.5, 0.6) is 0 Å². The van der Waals surface area contributed by atoms with E-state index in [0.29, 0.717) is 0 Å². The minimum Gasteiger partial charge on any atom is -0.480 e. The molecule has 0 saturated carbocycles. The van der Waals surface area contributed by atoms with Crippen molar-refractivity contribution in [3.63, 3.8) is 0 Å². The van der Waals surface area contributed by atoms with Crippen LogP contribution in [0.3, 0.4) is 0 Å². The number of imide groups is 1. The number of aromatic nitrogens is 1. The van der Waals surface area contributed by atoms with Crippen molar-refractivity contribution in [2.75, 3.05) is 27.2 Å². The maximum atomic E-state index is 14.9. The summed E-state index contributed by atoms with van der Waals surface area (Å²) in [4.78, 5) is 108. The van der Waals surface area contributed by atoms with Gasteiger partial charge >= 0.3 is 12.1 Å². The van der Waals surface area contributed by atoms with Gasteiger partial charge in [-0.3, -0.25) is 38.6 Å². The van der Waals surface area contributed by atoms with E-state index in [4.69, 9.17) is 4.74 Å². The number of benzene rings is 1. The molecule has 0 saturated heterocycles. The molecule has 4 N–H and O–H groups in total. The first-order valence-corrected chi connectivity index (χ1v) is 21.1. The molecule has 3 rings (SSSR count). The molecule has 2 heterocycles. The van der Waals surface area contributed by atoms with Crippen LogP contribution < -0.4 is 16.0 Å². The third kappa shape index (κ3) is 13.0. The summed E-state index contributed by atoms with van der Waals surface area (Å²) in [6.45, 7) is 19.5. The van der Waals surface area contributed by atoms with E-state index < -0.39 is 88.1 Å². The molecule has 17 heteroatoms. The highest BCUT2D eigenvalue weighted by molar-refractivity contribution is 6.12. The largest absolute Gasteiger partial charge is 0.480 e. The van der Waals surface area contributed by atoms with E-state index in [1.165, 1.54) is 23.8 Å². The number of fused-ring (bicyclic) bond motifs is 1. The predicted octanol–water partition coefficient (Wildman–Crippen LogP) is 4.04. The Bertz CT molecular complexity index is 2120. The summed E-state index contributed by atoms with van der Waals surface area (Å²) < 4.78 is 7.70. The van der Waals surface area contributed by atoms with Crippen molar-refractivity contribution in [3.05, 3.63) is 59.8 Å². The summed E-state index contributed by atoms with van der Waals surface area (Å²) in [5.74, 6) is -4.91. The number of carboxylic acids is 1. The number of aryl methyl sites for hydroxylation is 1. The van der Waals surface area contributed by atoms with Crippen LogP contribution in [0.25, 0.3) is 10.9 Å². The summed E-state index contributed by atoms with van der Waals surface area (Å²) in [6, 6.07) is 3.35. The summed E-state index contributed by atoms with van der Waals surface area (Å²) in [6.07, 6.45) is 4.52. The number of hydrogen-bond donors (Lipinski definition) is 4. The number of carboxylic acid groups (broad SMARTS) is 1. The number of aliphatic carboxylic acids is 1. The second-order valence-corrected chi connectivity index (χ2v) is 19.1. The zero-order chi connectivity index (χ0) is 47.9. The van der Waals surface area contributed by atoms with Gasteiger partial charge in [-0.05, 0) is 57.1 Å². The van der Waals surface area contributed by atoms with Gasteiger partial charge in [-0.15, -0.1) is 0 Å². The first-order valence-electron chi connectivity index (χ1n) is 21.1. The fraction of sp³-hybridized carbons (Fsp3) is 0.565. The smallest absolute Gasteiger partial charge is 0.410 e. The van der Waals surface area contributed by atoms with E-state index in [1.54, 1.807) is 33.9 Å². The molecule has 0 radical (unpaired) electrons. The molecule has 0 fully saturated rings. The van der Waals surface area contributed by atoms with Gasteiger partial charge in [-0.25, -0.2) is 9.59 Å². The first kappa shape index (κ1) is 51.4. The maximum Gasteiger partial charge on any atom is 0.410 e. The molecule has 4 unspecified atom stereocenters. The fourth-order valence-corrected chi connectivity index (χ4v) is 7.59. The summed E-state index contributed by atoms with van der Waals surface area (Å²) >= 11 is 0. The van der Waals surface area contributed by atoms with Gasteiger partial charge < -0.3 is 35.3 Å². The number of rotatable bonds is 18. The van der Waals surface area contributed by atoms with Crippen LogP contribution in [-0.4, -0.2) is 129 Å². The highest BCUT2D eigenvalue weighted by Gasteiger charge is 2.47. The van der Waals surface area contributed by atoms with E-state index in [1.807, 2.05) is 90.5 Å². The Kier molecular flexibility index (Phi) is 16.7. The monoisotopic (exact) mass is 877 g/mol. The number of para-hydroxylation sites is 1. The molecule has 63 heavy (non-hydrogen) atoms. The van der Waals surface area contributed by atoms with Crippen molar-refractivity contribution < 1.29 is 48.2 Å². The van der Waals surface area contributed by atoms with E-state index in [-0.39, 0.29) is 37.4 Å². The predicted molar refractivity (Wildman–Crippen MR) is 238 cm³/mol. The Labute approximate surface area is 370 Å². The number of carbonyl (C=O) groups excluding carboxylic acids is 7. The summed E-state index contributed by atoms with van der Waals surface area (Å²) in [5.41, 5.74) is -0.870. The van der Waals surface area contributed by atoms with Crippen LogP contribution in [0.2, 0.25) is 0 Å². The fourth-order valence-electron chi connectivity index (χ4n) is 7.59. The quantitative estimate of drug-likeness (QED) is 0.125. The molecule has 1 aromatic heterocycles. The lowest BCUT2D eigenvalue weighted by Crippen LogP contribution is -2.63. The number of likely N-dealkylation sites (N-methyl/N-ethyl adjacent to an activating group) is 2. The van der Waals surface area contributed by atoms with E-state index >= 15 is 0 Å². The van der Waals surface area contributed by atoms with Crippen molar-refractivity contribution >= 4 is 58.4 Å². The van der Waals surface area contributed by atoms with Gasteiger partial charge in [0.15, 0.2) is 0 Å². The molecule has 0 bridgehead atoms. The Hall–Kier alpha value is -6.00. The Morgan fingerprint density at radius 1 is 0.889 bits per heavy atom. The third-order valence-corrected chi connectivity index (χ3v) is 11.1. The van der Waals surface area contributed by atoms with Crippen molar-refractivity contribution in [1.29, 1.82) is 0 Å². The number of ether oxygens (including phenoxy) is 1. The average Bonchev–Trinajstić information content (AvgIpc) is 3.69.